The van der Waals surface area contributed by atoms with Crippen LogP contribution in [0.15, 0.2) is 85.5 Å². The van der Waals surface area contributed by atoms with Crippen molar-refractivity contribution in [1.29, 1.82) is 0 Å². The normalized spacial score (nSPS) is 10.5. The fourth-order valence-electron chi connectivity index (χ4n) is 3.64. The molecule has 0 aromatic heterocycles. The quantitative estimate of drug-likeness (QED) is 0.128. The summed E-state index contributed by atoms with van der Waals surface area (Å²) in [6, 6.07) is 23.3. The minimum absolute atomic E-state index is 0.276. The number of carbonyl (C=O) groups excluding carboxylic acids is 2. The molecule has 0 radical (unpaired) electrons. The molecule has 0 aliphatic heterocycles. The lowest BCUT2D eigenvalue weighted by Crippen LogP contribution is -2.08. The van der Waals surface area contributed by atoms with Gasteiger partial charge in [-0.25, -0.2) is 9.59 Å². The molecule has 176 valence electrons. The van der Waals surface area contributed by atoms with Gasteiger partial charge in [-0.3, -0.25) is 0 Å². The third-order valence-electron chi connectivity index (χ3n) is 5.66. The van der Waals surface area contributed by atoms with Gasteiger partial charge in [0, 0.05) is 12.5 Å². The summed E-state index contributed by atoms with van der Waals surface area (Å²) in [6.07, 6.45) is 7.91. The van der Waals surface area contributed by atoms with Crippen LogP contribution in [-0.2, 0) is 22.4 Å². The Labute approximate surface area is 202 Å². The Balaban J connectivity index is 1.51. The van der Waals surface area contributed by atoms with E-state index in [4.69, 9.17) is 9.47 Å². The van der Waals surface area contributed by atoms with E-state index in [1.54, 1.807) is 24.3 Å². The molecule has 0 heterocycles. The maximum absolute atomic E-state index is 12.5. The molecule has 0 fully saturated rings. The minimum atomic E-state index is -0.439. The Morgan fingerprint density at radius 2 is 1.35 bits per heavy atom. The van der Waals surface area contributed by atoms with Crippen molar-refractivity contribution in [3.8, 4) is 16.9 Å². The second-order valence-corrected chi connectivity index (χ2v) is 8.24. The van der Waals surface area contributed by atoms with Gasteiger partial charge in [0.25, 0.3) is 0 Å². The standard InChI is InChI=1S/C30H32O4/c1-3-5-6-7-8-23-9-13-25(14-10-23)26-15-17-27(18-16-26)30(32)34-28-19-11-24(12-20-28)21-22-33-29(31)4-2/h4,9-20H,2-3,5-8,21-22H2,1H3. The summed E-state index contributed by atoms with van der Waals surface area (Å²) in [4.78, 5) is 23.6. The maximum Gasteiger partial charge on any atom is 0.343 e. The highest BCUT2D eigenvalue weighted by molar-refractivity contribution is 5.91. The molecule has 3 aromatic rings. The molecule has 0 aliphatic rings. The molecule has 0 unspecified atom stereocenters. The number of hydrogen-bond donors (Lipinski definition) is 0. The Kier molecular flexibility index (Phi) is 9.65. The van der Waals surface area contributed by atoms with E-state index in [1.165, 1.54) is 31.2 Å². The number of rotatable bonds is 12. The zero-order valence-electron chi connectivity index (χ0n) is 19.8. The lowest BCUT2D eigenvalue weighted by molar-refractivity contribution is -0.137. The Morgan fingerprint density at radius 3 is 1.97 bits per heavy atom. The molecular weight excluding hydrogens is 424 g/mol. The third-order valence-corrected chi connectivity index (χ3v) is 5.66. The Hall–Kier alpha value is -3.66. The van der Waals surface area contributed by atoms with E-state index in [1.807, 2.05) is 24.3 Å². The van der Waals surface area contributed by atoms with Crippen molar-refractivity contribution >= 4 is 11.9 Å². The van der Waals surface area contributed by atoms with Gasteiger partial charge in [-0.05, 0) is 59.4 Å². The summed E-state index contributed by atoms with van der Waals surface area (Å²) in [5.41, 5.74) is 5.04. The molecule has 0 aliphatic carbocycles. The van der Waals surface area contributed by atoms with Crippen LogP contribution >= 0.6 is 0 Å². The number of aryl methyl sites for hydroxylation is 1. The third kappa shape index (κ3) is 7.73. The zero-order chi connectivity index (χ0) is 24.2. The van der Waals surface area contributed by atoms with Gasteiger partial charge in [0.1, 0.15) is 5.75 Å². The van der Waals surface area contributed by atoms with Gasteiger partial charge < -0.3 is 9.47 Å². The molecule has 3 aromatic carbocycles. The van der Waals surface area contributed by atoms with Crippen molar-refractivity contribution in [2.45, 2.75) is 45.4 Å². The fourth-order valence-corrected chi connectivity index (χ4v) is 3.64. The van der Waals surface area contributed by atoms with Crippen LogP contribution in [0, 0.1) is 0 Å². The summed E-state index contributed by atoms with van der Waals surface area (Å²) < 4.78 is 10.5. The van der Waals surface area contributed by atoms with Gasteiger partial charge in [-0.2, -0.15) is 0 Å². The van der Waals surface area contributed by atoms with Crippen molar-refractivity contribution in [3.05, 3.63) is 102 Å². The first kappa shape index (κ1) is 25.0. The number of ether oxygens (including phenoxy) is 2. The largest absolute Gasteiger partial charge is 0.462 e. The van der Waals surface area contributed by atoms with E-state index in [0.29, 0.717) is 17.7 Å². The SMILES string of the molecule is C=CC(=O)OCCc1ccc(OC(=O)c2ccc(-c3ccc(CCCCCC)cc3)cc2)cc1. The Morgan fingerprint density at radius 1 is 0.765 bits per heavy atom. The topological polar surface area (TPSA) is 52.6 Å². The smallest absolute Gasteiger partial charge is 0.343 e. The summed E-state index contributed by atoms with van der Waals surface area (Å²) in [5, 5.41) is 0. The monoisotopic (exact) mass is 456 g/mol. The molecule has 0 saturated heterocycles. The average Bonchev–Trinajstić information content (AvgIpc) is 2.88. The molecule has 3 rings (SSSR count). The zero-order valence-corrected chi connectivity index (χ0v) is 19.8. The van der Waals surface area contributed by atoms with E-state index < -0.39 is 11.9 Å². The summed E-state index contributed by atoms with van der Waals surface area (Å²) in [5.74, 6) is -0.372. The van der Waals surface area contributed by atoms with Crippen LogP contribution in [0.5, 0.6) is 5.75 Å². The number of benzene rings is 3. The fraction of sp³-hybridized carbons (Fsp3) is 0.267. The number of hydrogen-bond acceptors (Lipinski definition) is 4. The van der Waals surface area contributed by atoms with Crippen molar-refractivity contribution in [2.24, 2.45) is 0 Å². The minimum Gasteiger partial charge on any atom is -0.462 e. The van der Waals surface area contributed by atoms with E-state index in [2.05, 4.69) is 37.8 Å². The lowest BCUT2D eigenvalue weighted by Gasteiger charge is -2.08. The van der Waals surface area contributed by atoms with E-state index in [-0.39, 0.29) is 6.61 Å². The predicted octanol–water partition coefficient (Wildman–Crippen LogP) is 6.97. The molecule has 0 bridgehead atoms. The van der Waals surface area contributed by atoms with Gasteiger partial charge in [-0.1, -0.05) is 81.3 Å². The Bertz CT molecular complexity index is 1060. The van der Waals surface area contributed by atoms with Crippen molar-refractivity contribution < 1.29 is 19.1 Å². The van der Waals surface area contributed by atoms with Gasteiger partial charge in [0.2, 0.25) is 0 Å². The first-order valence-electron chi connectivity index (χ1n) is 11.9. The molecule has 0 amide bonds. The first-order chi connectivity index (χ1) is 16.6. The highest BCUT2D eigenvalue weighted by atomic mass is 16.5. The van der Waals surface area contributed by atoms with E-state index in [9.17, 15) is 9.59 Å². The molecule has 4 heteroatoms. The molecule has 0 atom stereocenters. The van der Waals surface area contributed by atoms with Gasteiger partial charge in [-0.15, -0.1) is 0 Å². The van der Waals surface area contributed by atoms with Gasteiger partial charge >= 0.3 is 11.9 Å². The summed E-state index contributed by atoms with van der Waals surface area (Å²) >= 11 is 0. The maximum atomic E-state index is 12.5. The lowest BCUT2D eigenvalue weighted by atomic mass is 10.0. The molecule has 34 heavy (non-hydrogen) atoms. The van der Waals surface area contributed by atoms with Gasteiger partial charge in [0.15, 0.2) is 0 Å². The van der Waals surface area contributed by atoms with Gasteiger partial charge in [0.05, 0.1) is 12.2 Å². The van der Waals surface area contributed by atoms with Crippen LogP contribution in [0.3, 0.4) is 0 Å². The molecule has 0 N–H and O–H groups in total. The van der Waals surface area contributed by atoms with E-state index in [0.717, 1.165) is 29.2 Å². The van der Waals surface area contributed by atoms with Crippen LogP contribution in [0.4, 0.5) is 0 Å². The van der Waals surface area contributed by atoms with Crippen LogP contribution in [-0.4, -0.2) is 18.5 Å². The second kappa shape index (κ2) is 13.1. The van der Waals surface area contributed by atoms with Crippen LogP contribution in [0.1, 0.15) is 54.1 Å². The summed E-state index contributed by atoms with van der Waals surface area (Å²) in [7, 11) is 0. The molecule has 0 spiro atoms. The van der Waals surface area contributed by atoms with Crippen molar-refractivity contribution in [3.63, 3.8) is 0 Å². The molecular formula is C30H32O4. The number of unbranched alkanes of at least 4 members (excludes halogenated alkanes) is 3. The molecule has 4 nitrogen and oxygen atoms in total. The van der Waals surface area contributed by atoms with Crippen molar-refractivity contribution in [1.82, 2.24) is 0 Å². The first-order valence-corrected chi connectivity index (χ1v) is 11.9. The molecule has 0 saturated carbocycles. The number of esters is 2. The van der Waals surface area contributed by atoms with Crippen LogP contribution in [0.25, 0.3) is 11.1 Å². The van der Waals surface area contributed by atoms with Crippen LogP contribution in [0.2, 0.25) is 0 Å². The van der Waals surface area contributed by atoms with Crippen molar-refractivity contribution in [2.75, 3.05) is 6.61 Å². The highest BCUT2D eigenvalue weighted by Gasteiger charge is 2.09. The van der Waals surface area contributed by atoms with Crippen LogP contribution < -0.4 is 4.74 Å². The number of carbonyl (C=O) groups is 2. The van der Waals surface area contributed by atoms with E-state index >= 15 is 0 Å². The predicted molar refractivity (Wildman–Crippen MR) is 136 cm³/mol. The second-order valence-electron chi connectivity index (χ2n) is 8.24. The highest BCUT2D eigenvalue weighted by Crippen LogP contribution is 2.22. The average molecular weight is 457 g/mol. The summed E-state index contributed by atoms with van der Waals surface area (Å²) in [6.45, 7) is 5.87.